The van der Waals surface area contributed by atoms with E-state index in [1.165, 1.54) is 6.42 Å². The van der Waals surface area contributed by atoms with E-state index in [1.54, 1.807) is 14.2 Å². The summed E-state index contributed by atoms with van der Waals surface area (Å²) in [5.41, 5.74) is 1.07. The predicted molar refractivity (Wildman–Crippen MR) is 86.5 cm³/mol. The van der Waals surface area contributed by atoms with Crippen LogP contribution >= 0.6 is 0 Å². The third-order valence-electron chi connectivity index (χ3n) is 4.15. The van der Waals surface area contributed by atoms with Gasteiger partial charge in [0.05, 0.1) is 14.2 Å². The molecule has 1 fully saturated rings. The number of amides is 1. The molecule has 0 saturated carbocycles. The maximum Gasteiger partial charge on any atom is 0.220 e. The van der Waals surface area contributed by atoms with Gasteiger partial charge in [0.15, 0.2) is 0 Å². The van der Waals surface area contributed by atoms with Gasteiger partial charge in [-0.3, -0.25) is 4.79 Å². The van der Waals surface area contributed by atoms with Crippen LogP contribution in [0.1, 0.15) is 24.8 Å². The Morgan fingerprint density at radius 3 is 2.91 bits per heavy atom. The number of methoxy groups -OCH3 is 2. The molecule has 5 heteroatoms. The zero-order valence-corrected chi connectivity index (χ0v) is 13.5. The first-order chi connectivity index (χ1) is 10.7. The van der Waals surface area contributed by atoms with Crippen molar-refractivity contribution >= 4 is 5.91 Å². The van der Waals surface area contributed by atoms with Crippen molar-refractivity contribution < 1.29 is 14.3 Å². The monoisotopic (exact) mass is 306 g/mol. The fraction of sp³-hybridized carbons (Fsp3) is 0.588. The van der Waals surface area contributed by atoms with Crippen molar-refractivity contribution in [3.05, 3.63) is 23.8 Å². The number of hydrogen-bond donors (Lipinski definition) is 2. The normalized spacial score (nSPS) is 17.3. The van der Waals surface area contributed by atoms with Crippen molar-refractivity contribution in [1.29, 1.82) is 0 Å². The molecule has 2 rings (SSSR count). The molecule has 5 nitrogen and oxygen atoms in total. The molecule has 122 valence electrons. The first-order valence-corrected chi connectivity index (χ1v) is 7.91. The molecule has 1 aromatic rings. The summed E-state index contributed by atoms with van der Waals surface area (Å²) in [7, 11) is 3.28. The minimum absolute atomic E-state index is 0.138. The van der Waals surface area contributed by atoms with Gasteiger partial charge in [0.1, 0.15) is 11.5 Å². The summed E-state index contributed by atoms with van der Waals surface area (Å²) in [4.78, 5) is 11.9. The minimum atomic E-state index is 0.138. The lowest BCUT2D eigenvalue weighted by Gasteiger charge is -2.11. The summed E-state index contributed by atoms with van der Waals surface area (Å²) >= 11 is 0. The number of nitrogens with one attached hydrogen (secondary N) is 2. The molecule has 1 aliphatic heterocycles. The number of carbonyl (C=O) groups excluding carboxylic acids is 1. The third-order valence-corrected chi connectivity index (χ3v) is 4.15. The van der Waals surface area contributed by atoms with Gasteiger partial charge in [0.25, 0.3) is 0 Å². The minimum Gasteiger partial charge on any atom is -0.497 e. The van der Waals surface area contributed by atoms with Crippen molar-refractivity contribution in [1.82, 2.24) is 10.6 Å². The average molecular weight is 306 g/mol. The van der Waals surface area contributed by atoms with Gasteiger partial charge in [0.2, 0.25) is 5.91 Å². The van der Waals surface area contributed by atoms with Crippen LogP contribution in [0.3, 0.4) is 0 Å². The Morgan fingerprint density at radius 1 is 1.36 bits per heavy atom. The zero-order chi connectivity index (χ0) is 15.8. The standard InChI is InChI=1S/C17H26N2O3/c1-21-15-5-4-14(16(11-15)22-2)8-10-19-17(20)6-3-13-7-9-18-12-13/h4-5,11,13,18H,3,6-10,12H2,1-2H3,(H,19,20). The van der Waals surface area contributed by atoms with Crippen molar-refractivity contribution in [2.75, 3.05) is 33.9 Å². The van der Waals surface area contributed by atoms with Crippen LogP contribution in [0.15, 0.2) is 18.2 Å². The number of ether oxygens (including phenoxy) is 2. The molecule has 0 spiro atoms. The molecule has 0 aliphatic carbocycles. The van der Waals surface area contributed by atoms with Gasteiger partial charge in [0, 0.05) is 19.0 Å². The summed E-state index contributed by atoms with van der Waals surface area (Å²) < 4.78 is 10.5. The van der Waals surface area contributed by atoms with Crippen molar-refractivity contribution in [2.45, 2.75) is 25.7 Å². The van der Waals surface area contributed by atoms with E-state index in [9.17, 15) is 4.79 Å². The molecular formula is C17H26N2O3. The second-order valence-corrected chi connectivity index (χ2v) is 5.68. The summed E-state index contributed by atoms with van der Waals surface area (Å²) in [5.74, 6) is 2.37. The fourth-order valence-corrected chi connectivity index (χ4v) is 2.78. The van der Waals surface area contributed by atoms with Crippen molar-refractivity contribution in [2.24, 2.45) is 5.92 Å². The second kappa shape index (κ2) is 8.63. The Kier molecular flexibility index (Phi) is 6.52. The maximum atomic E-state index is 11.9. The van der Waals surface area contributed by atoms with Crippen LogP contribution in [-0.4, -0.2) is 39.8 Å². The molecule has 1 aliphatic rings. The average Bonchev–Trinajstić information content (AvgIpc) is 3.06. The first kappa shape index (κ1) is 16.6. The van der Waals surface area contributed by atoms with E-state index in [0.29, 0.717) is 18.9 Å². The zero-order valence-electron chi connectivity index (χ0n) is 13.5. The van der Waals surface area contributed by atoms with Gasteiger partial charge in [-0.1, -0.05) is 6.07 Å². The molecular weight excluding hydrogens is 280 g/mol. The van der Waals surface area contributed by atoms with Crippen LogP contribution < -0.4 is 20.1 Å². The number of carbonyl (C=O) groups is 1. The first-order valence-electron chi connectivity index (χ1n) is 7.91. The quantitative estimate of drug-likeness (QED) is 0.768. The van der Waals surface area contributed by atoms with Crippen LogP contribution in [0.25, 0.3) is 0 Å². The summed E-state index contributed by atoms with van der Waals surface area (Å²) in [6, 6.07) is 5.75. The highest BCUT2D eigenvalue weighted by Crippen LogP contribution is 2.24. The van der Waals surface area contributed by atoms with Gasteiger partial charge in [-0.15, -0.1) is 0 Å². The highest BCUT2D eigenvalue weighted by molar-refractivity contribution is 5.75. The lowest BCUT2D eigenvalue weighted by molar-refractivity contribution is -0.121. The van der Waals surface area contributed by atoms with Crippen LogP contribution in [-0.2, 0) is 11.2 Å². The SMILES string of the molecule is COc1ccc(CCNC(=O)CCC2CCNC2)c(OC)c1. The Morgan fingerprint density at radius 2 is 2.23 bits per heavy atom. The summed E-state index contributed by atoms with van der Waals surface area (Å²) in [6.07, 6.45) is 3.54. The predicted octanol–water partition coefficient (Wildman–Crippen LogP) is 1.75. The molecule has 1 heterocycles. The number of hydrogen-bond acceptors (Lipinski definition) is 4. The summed E-state index contributed by atoms with van der Waals surface area (Å²) in [5, 5.41) is 6.32. The van der Waals surface area contributed by atoms with E-state index in [0.717, 1.165) is 43.0 Å². The van der Waals surface area contributed by atoms with Crippen LogP contribution in [0.2, 0.25) is 0 Å². The topological polar surface area (TPSA) is 59.6 Å². The van der Waals surface area contributed by atoms with E-state index < -0.39 is 0 Å². The Bertz CT molecular complexity index is 485. The van der Waals surface area contributed by atoms with E-state index in [-0.39, 0.29) is 5.91 Å². The van der Waals surface area contributed by atoms with Crippen LogP contribution in [0.4, 0.5) is 0 Å². The van der Waals surface area contributed by atoms with E-state index >= 15 is 0 Å². The molecule has 0 radical (unpaired) electrons. The van der Waals surface area contributed by atoms with E-state index in [4.69, 9.17) is 9.47 Å². The number of rotatable bonds is 8. The molecule has 1 saturated heterocycles. The van der Waals surface area contributed by atoms with Gasteiger partial charge in [-0.2, -0.15) is 0 Å². The molecule has 22 heavy (non-hydrogen) atoms. The Hall–Kier alpha value is -1.75. The van der Waals surface area contributed by atoms with E-state index in [2.05, 4.69) is 10.6 Å². The second-order valence-electron chi connectivity index (χ2n) is 5.68. The van der Waals surface area contributed by atoms with Gasteiger partial charge >= 0.3 is 0 Å². The highest BCUT2D eigenvalue weighted by atomic mass is 16.5. The van der Waals surface area contributed by atoms with Gasteiger partial charge in [-0.25, -0.2) is 0 Å². The van der Waals surface area contributed by atoms with Crippen LogP contribution in [0.5, 0.6) is 11.5 Å². The largest absolute Gasteiger partial charge is 0.497 e. The molecule has 1 atom stereocenters. The van der Waals surface area contributed by atoms with E-state index in [1.807, 2.05) is 18.2 Å². The molecule has 0 aromatic heterocycles. The smallest absolute Gasteiger partial charge is 0.220 e. The van der Waals surface area contributed by atoms with Crippen LogP contribution in [0, 0.1) is 5.92 Å². The van der Waals surface area contributed by atoms with Crippen molar-refractivity contribution in [3.8, 4) is 11.5 Å². The molecule has 1 unspecified atom stereocenters. The lowest BCUT2D eigenvalue weighted by Crippen LogP contribution is -2.26. The lowest BCUT2D eigenvalue weighted by atomic mass is 10.0. The molecule has 1 aromatic carbocycles. The summed E-state index contributed by atoms with van der Waals surface area (Å²) in [6.45, 7) is 2.77. The molecule has 2 N–H and O–H groups in total. The van der Waals surface area contributed by atoms with Crippen molar-refractivity contribution in [3.63, 3.8) is 0 Å². The molecule has 0 bridgehead atoms. The molecule has 1 amide bonds. The highest BCUT2D eigenvalue weighted by Gasteiger charge is 2.15. The third kappa shape index (κ3) is 4.91. The maximum absolute atomic E-state index is 11.9. The fourth-order valence-electron chi connectivity index (χ4n) is 2.78. The number of benzene rings is 1. The Balaban J connectivity index is 1.72. The Labute approximate surface area is 132 Å². The van der Waals surface area contributed by atoms with Gasteiger partial charge < -0.3 is 20.1 Å². The van der Waals surface area contributed by atoms with Gasteiger partial charge in [-0.05, 0) is 49.9 Å².